The number of esters is 1. The molecule has 0 aliphatic carbocycles. The van der Waals surface area contributed by atoms with E-state index in [1.165, 1.54) is 24.4 Å². The molecule has 114 valence electrons. The molecule has 5 nitrogen and oxygen atoms in total. The van der Waals surface area contributed by atoms with Crippen LogP contribution in [0.15, 0.2) is 42.6 Å². The van der Waals surface area contributed by atoms with Crippen LogP contribution in [-0.2, 0) is 20.7 Å². The van der Waals surface area contributed by atoms with Gasteiger partial charge in [-0.15, -0.1) is 0 Å². The Labute approximate surface area is 131 Å². The number of nitrogens with zero attached hydrogens (tertiary/aromatic N) is 1. The van der Waals surface area contributed by atoms with E-state index < -0.39 is 24.3 Å². The standard InChI is InChI=1S/C15H12ClFN2O3/c16-15-12(5-2-6-18-15)19-13(20)9-22-14(21)8-10-3-1-4-11(17)7-10/h1-7H,8-9H2,(H,19,20). The summed E-state index contributed by atoms with van der Waals surface area (Å²) in [6.07, 6.45) is 1.37. The molecule has 2 aromatic rings. The van der Waals surface area contributed by atoms with Crippen LogP contribution in [0.4, 0.5) is 10.1 Å². The number of hydrogen-bond acceptors (Lipinski definition) is 4. The first-order valence-corrected chi connectivity index (χ1v) is 6.73. The van der Waals surface area contributed by atoms with Gasteiger partial charge in [-0.3, -0.25) is 9.59 Å². The summed E-state index contributed by atoms with van der Waals surface area (Å²) in [5, 5.41) is 2.61. The lowest BCUT2D eigenvalue weighted by Crippen LogP contribution is -2.21. The van der Waals surface area contributed by atoms with Gasteiger partial charge in [-0.25, -0.2) is 9.37 Å². The molecule has 0 saturated carbocycles. The topological polar surface area (TPSA) is 68.3 Å². The Hall–Kier alpha value is -2.47. The highest BCUT2D eigenvalue weighted by Gasteiger charge is 2.10. The molecule has 1 N–H and O–H groups in total. The second-order valence-corrected chi connectivity index (χ2v) is 4.72. The number of hydrogen-bond donors (Lipinski definition) is 1. The van der Waals surface area contributed by atoms with Crippen molar-refractivity contribution in [1.82, 2.24) is 4.98 Å². The maximum Gasteiger partial charge on any atom is 0.310 e. The number of ether oxygens (including phenoxy) is 1. The molecular formula is C15H12ClFN2O3. The Morgan fingerprint density at radius 1 is 1.27 bits per heavy atom. The molecule has 0 spiro atoms. The van der Waals surface area contributed by atoms with Crippen molar-refractivity contribution >= 4 is 29.2 Å². The summed E-state index contributed by atoms with van der Waals surface area (Å²) < 4.78 is 17.8. The van der Waals surface area contributed by atoms with Crippen LogP contribution in [0.5, 0.6) is 0 Å². The average molecular weight is 323 g/mol. The maximum atomic E-state index is 13.0. The summed E-state index contributed by atoms with van der Waals surface area (Å²) in [7, 11) is 0. The van der Waals surface area contributed by atoms with Crippen LogP contribution < -0.4 is 5.32 Å². The molecule has 0 bridgehead atoms. The van der Waals surface area contributed by atoms with Gasteiger partial charge in [0.1, 0.15) is 5.82 Å². The van der Waals surface area contributed by atoms with Gasteiger partial charge in [0.25, 0.3) is 5.91 Å². The van der Waals surface area contributed by atoms with E-state index >= 15 is 0 Å². The van der Waals surface area contributed by atoms with Gasteiger partial charge in [0, 0.05) is 6.20 Å². The number of nitrogens with one attached hydrogen (secondary N) is 1. The van der Waals surface area contributed by atoms with Crippen molar-refractivity contribution in [3.8, 4) is 0 Å². The van der Waals surface area contributed by atoms with Crippen molar-refractivity contribution in [2.75, 3.05) is 11.9 Å². The van der Waals surface area contributed by atoms with Gasteiger partial charge >= 0.3 is 5.97 Å². The summed E-state index contributed by atoms with van der Waals surface area (Å²) in [6.45, 7) is -0.459. The molecule has 1 heterocycles. The van der Waals surface area contributed by atoms with Gasteiger partial charge in [0.15, 0.2) is 11.8 Å². The van der Waals surface area contributed by atoms with Gasteiger partial charge in [0.05, 0.1) is 12.1 Å². The lowest BCUT2D eigenvalue weighted by atomic mass is 10.1. The number of aromatic nitrogens is 1. The summed E-state index contributed by atoms with van der Waals surface area (Å²) >= 11 is 5.78. The normalized spacial score (nSPS) is 10.1. The van der Waals surface area contributed by atoms with E-state index in [-0.39, 0.29) is 11.6 Å². The number of halogens is 2. The third kappa shape index (κ3) is 4.82. The molecule has 0 aliphatic heterocycles. The number of carbonyl (C=O) groups excluding carboxylic acids is 2. The number of amides is 1. The number of rotatable bonds is 5. The quantitative estimate of drug-likeness (QED) is 0.678. The molecule has 22 heavy (non-hydrogen) atoms. The van der Waals surface area contributed by atoms with E-state index in [4.69, 9.17) is 16.3 Å². The van der Waals surface area contributed by atoms with Crippen molar-refractivity contribution in [2.24, 2.45) is 0 Å². The average Bonchev–Trinajstić information content (AvgIpc) is 2.48. The van der Waals surface area contributed by atoms with Gasteiger partial charge < -0.3 is 10.1 Å². The lowest BCUT2D eigenvalue weighted by Gasteiger charge is -2.07. The molecule has 0 unspecified atom stereocenters. The first kappa shape index (κ1) is 15.9. The first-order valence-electron chi connectivity index (χ1n) is 6.35. The van der Waals surface area contributed by atoms with Crippen LogP contribution >= 0.6 is 11.6 Å². The fraction of sp³-hybridized carbons (Fsp3) is 0.133. The smallest absolute Gasteiger partial charge is 0.310 e. The summed E-state index contributed by atoms with van der Waals surface area (Å²) in [5.74, 6) is -1.60. The van der Waals surface area contributed by atoms with Gasteiger partial charge in [-0.05, 0) is 29.8 Å². The van der Waals surface area contributed by atoms with Gasteiger partial charge in [0.2, 0.25) is 0 Å². The Kier molecular flexibility index (Phi) is 5.43. The Morgan fingerprint density at radius 2 is 2.09 bits per heavy atom. The molecule has 2 rings (SSSR count). The number of anilines is 1. The Balaban J connectivity index is 1.81. The third-order valence-electron chi connectivity index (χ3n) is 2.63. The molecule has 0 radical (unpaired) electrons. The summed E-state index contributed by atoms with van der Waals surface area (Å²) in [6, 6.07) is 8.78. The fourth-order valence-electron chi connectivity index (χ4n) is 1.68. The second-order valence-electron chi connectivity index (χ2n) is 4.36. The Morgan fingerprint density at radius 3 is 2.82 bits per heavy atom. The van der Waals surface area contributed by atoms with Crippen molar-refractivity contribution in [1.29, 1.82) is 0 Å². The minimum absolute atomic E-state index is 0.112. The van der Waals surface area contributed by atoms with Crippen molar-refractivity contribution in [3.05, 3.63) is 59.1 Å². The maximum absolute atomic E-state index is 13.0. The zero-order valence-electron chi connectivity index (χ0n) is 11.4. The lowest BCUT2D eigenvalue weighted by molar-refractivity contribution is -0.146. The molecule has 0 fully saturated rings. The molecule has 0 saturated heterocycles. The minimum atomic E-state index is -0.627. The molecule has 1 amide bonds. The van der Waals surface area contributed by atoms with Crippen molar-refractivity contribution in [2.45, 2.75) is 6.42 Å². The molecule has 0 atom stereocenters. The first-order chi connectivity index (χ1) is 10.5. The van der Waals surface area contributed by atoms with E-state index in [0.29, 0.717) is 11.3 Å². The molecule has 0 aliphatic rings. The number of benzene rings is 1. The van der Waals surface area contributed by atoms with Crippen molar-refractivity contribution < 1.29 is 18.7 Å². The Bertz CT molecular complexity index is 694. The number of pyridine rings is 1. The fourth-order valence-corrected chi connectivity index (χ4v) is 1.84. The summed E-state index contributed by atoms with van der Waals surface area (Å²) in [4.78, 5) is 27.0. The molecule has 1 aromatic heterocycles. The van der Waals surface area contributed by atoms with Gasteiger partial charge in [-0.2, -0.15) is 0 Å². The summed E-state index contributed by atoms with van der Waals surface area (Å²) in [5.41, 5.74) is 0.802. The largest absolute Gasteiger partial charge is 0.455 e. The molecular weight excluding hydrogens is 311 g/mol. The zero-order chi connectivity index (χ0) is 15.9. The molecule has 1 aromatic carbocycles. The highest BCUT2D eigenvalue weighted by molar-refractivity contribution is 6.32. The van der Waals surface area contributed by atoms with Crippen LogP contribution in [0.1, 0.15) is 5.56 Å². The third-order valence-corrected chi connectivity index (χ3v) is 2.94. The van der Waals surface area contributed by atoms with Gasteiger partial charge in [-0.1, -0.05) is 23.7 Å². The predicted molar refractivity (Wildman–Crippen MR) is 78.9 cm³/mol. The highest BCUT2D eigenvalue weighted by Crippen LogP contribution is 2.17. The van der Waals surface area contributed by atoms with E-state index in [2.05, 4.69) is 10.3 Å². The van der Waals surface area contributed by atoms with E-state index in [9.17, 15) is 14.0 Å². The van der Waals surface area contributed by atoms with E-state index in [0.717, 1.165) is 0 Å². The SMILES string of the molecule is O=C(COC(=O)Cc1cccc(F)c1)Nc1cccnc1Cl. The monoisotopic (exact) mass is 322 g/mol. The predicted octanol–water partition coefficient (Wildman–Crippen LogP) is 2.60. The number of carbonyl (C=O) groups is 2. The van der Waals surface area contributed by atoms with Crippen LogP contribution in [0.2, 0.25) is 5.15 Å². The molecule has 7 heteroatoms. The second kappa shape index (κ2) is 7.51. The van der Waals surface area contributed by atoms with Crippen LogP contribution in [0.25, 0.3) is 0 Å². The zero-order valence-corrected chi connectivity index (χ0v) is 12.1. The van der Waals surface area contributed by atoms with Crippen LogP contribution in [0.3, 0.4) is 0 Å². The van der Waals surface area contributed by atoms with Crippen molar-refractivity contribution in [3.63, 3.8) is 0 Å². The van der Waals surface area contributed by atoms with E-state index in [1.807, 2.05) is 0 Å². The highest BCUT2D eigenvalue weighted by atomic mass is 35.5. The van der Waals surface area contributed by atoms with Crippen LogP contribution in [-0.4, -0.2) is 23.5 Å². The minimum Gasteiger partial charge on any atom is -0.455 e. The van der Waals surface area contributed by atoms with E-state index in [1.54, 1.807) is 18.2 Å². The van der Waals surface area contributed by atoms with Crippen LogP contribution in [0, 0.1) is 5.82 Å².